The van der Waals surface area contributed by atoms with Crippen LogP contribution in [-0.4, -0.2) is 42.2 Å². The summed E-state index contributed by atoms with van der Waals surface area (Å²) in [7, 11) is 1.66. The second-order valence-corrected chi connectivity index (χ2v) is 4.16. The summed E-state index contributed by atoms with van der Waals surface area (Å²) in [5, 5.41) is 9.24. The highest BCUT2D eigenvalue weighted by molar-refractivity contribution is 5.94. The molecule has 1 amide bonds. The van der Waals surface area contributed by atoms with Gasteiger partial charge >= 0.3 is 0 Å². The molecule has 1 aromatic rings. The van der Waals surface area contributed by atoms with Crippen LogP contribution >= 0.6 is 0 Å². The number of ether oxygens (including phenoxy) is 1. The minimum atomic E-state index is -0.533. The minimum absolute atomic E-state index is 0.119. The van der Waals surface area contributed by atoms with Crippen molar-refractivity contribution in [3.05, 3.63) is 42.5 Å². The number of rotatable bonds is 6. The Kier molecular flexibility index (Phi) is 5.39. The zero-order chi connectivity index (χ0) is 13.5. The molecule has 1 N–H and O–H groups in total. The van der Waals surface area contributed by atoms with Gasteiger partial charge in [-0.3, -0.25) is 4.79 Å². The van der Waals surface area contributed by atoms with E-state index in [1.54, 1.807) is 44.3 Å². The second kappa shape index (κ2) is 6.81. The average molecular weight is 249 g/mol. The van der Waals surface area contributed by atoms with Gasteiger partial charge in [-0.1, -0.05) is 12.7 Å². The number of aliphatic hydroxyl groups is 1. The number of likely N-dealkylation sites (N-methyl/N-ethyl adjacent to an activating group) is 1. The van der Waals surface area contributed by atoms with Crippen LogP contribution in [0.4, 0.5) is 0 Å². The molecule has 0 bridgehead atoms. The number of carbonyl (C=O) groups is 1. The van der Waals surface area contributed by atoms with Gasteiger partial charge in [-0.2, -0.15) is 0 Å². The van der Waals surface area contributed by atoms with Gasteiger partial charge in [0.05, 0.1) is 6.10 Å². The average Bonchev–Trinajstić information content (AvgIpc) is 2.35. The van der Waals surface area contributed by atoms with Crippen LogP contribution in [0.1, 0.15) is 17.3 Å². The van der Waals surface area contributed by atoms with E-state index in [4.69, 9.17) is 4.74 Å². The van der Waals surface area contributed by atoms with Crippen LogP contribution in [0.5, 0.6) is 5.75 Å². The van der Waals surface area contributed by atoms with Crippen molar-refractivity contribution in [2.24, 2.45) is 0 Å². The predicted octanol–water partition coefficient (Wildman–Crippen LogP) is 1.70. The van der Waals surface area contributed by atoms with E-state index >= 15 is 0 Å². The largest absolute Gasteiger partial charge is 0.490 e. The summed E-state index contributed by atoms with van der Waals surface area (Å²) >= 11 is 0. The van der Waals surface area contributed by atoms with Crippen molar-refractivity contribution in [1.29, 1.82) is 0 Å². The maximum atomic E-state index is 12.0. The van der Waals surface area contributed by atoms with Gasteiger partial charge in [-0.15, -0.1) is 0 Å². The highest BCUT2D eigenvalue weighted by Crippen LogP contribution is 2.13. The summed E-state index contributed by atoms with van der Waals surface area (Å²) in [6, 6.07) is 6.90. The van der Waals surface area contributed by atoms with Gasteiger partial charge in [0, 0.05) is 19.2 Å². The smallest absolute Gasteiger partial charge is 0.253 e. The summed E-state index contributed by atoms with van der Waals surface area (Å²) in [5.74, 6) is 0.579. The van der Waals surface area contributed by atoms with E-state index in [0.29, 0.717) is 24.5 Å². The van der Waals surface area contributed by atoms with E-state index in [2.05, 4.69) is 6.58 Å². The van der Waals surface area contributed by atoms with E-state index in [1.807, 2.05) is 0 Å². The summed E-state index contributed by atoms with van der Waals surface area (Å²) in [5.41, 5.74) is 0.573. The van der Waals surface area contributed by atoms with E-state index in [0.717, 1.165) is 0 Å². The lowest BCUT2D eigenvalue weighted by atomic mass is 10.2. The van der Waals surface area contributed by atoms with Crippen molar-refractivity contribution in [2.45, 2.75) is 13.0 Å². The Labute approximate surface area is 107 Å². The number of hydrogen-bond donors (Lipinski definition) is 1. The highest BCUT2D eigenvalue weighted by atomic mass is 16.5. The van der Waals surface area contributed by atoms with Crippen LogP contribution in [0.15, 0.2) is 36.9 Å². The molecule has 0 saturated carbocycles. The Morgan fingerprint density at radius 2 is 2.11 bits per heavy atom. The van der Waals surface area contributed by atoms with Gasteiger partial charge in [-0.05, 0) is 31.2 Å². The maximum Gasteiger partial charge on any atom is 0.253 e. The third-order valence-electron chi connectivity index (χ3n) is 2.35. The number of aliphatic hydroxyl groups excluding tert-OH is 1. The van der Waals surface area contributed by atoms with Gasteiger partial charge in [0.25, 0.3) is 5.91 Å². The van der Waals surface area contributed by atoms with Crippen LogP contribution in [0, 0.1) is 0 Å². The van der Waals surface area contributed by atoms with E-state index in [-0.39, 0.29) is 5.91 Å². The quantitative estimate of drug-likeness (QED) is 0.781. The monoisotopic (exact) mass is 249 g/mol. The van der Waals surface area contributed by atoms with E-state index in [9.17, 15) is 9.90 Å². The SMILES string of the molecule is C=CCOc1ccc(C(=O)N(C)CC(C)O)cc1. The molecule has 0 aliphatic rings. The zero-order valence-electron chi connectivity index (χ0n) is 10.8. The Morgan fingerprint density at radius 1 is 1.50 bits per heavy atom. The first-order valence-electron chi connectivity index (χ1n) is 5.82. The molecule has 1 rings (SSSR count). The molecule has 98 valence electrons. The zero-order valence-corrected chi connectivity index (χ0v) is 10.8. The van der Waals surface area contributed by atoms with Gasteiger partial charge in [0.1, 0.15) is 12.4 Å². The molecule has 4 heteroatoms. The number of carbonyl (C=O) groups excluding carboxylic acids is 1. The van der Waals surface area contributed by atoms with Crippen molar-refractivity contribution >= 4 is 5.91 Å². The van der Waals surface area contributed by atoms with Crippen LogP contribution in [0.3, 0.4) is 0 Å². The van der Waals surface area contributed by atoms with Crippen molar-refractivity contribution in [2.75, 3.05) is 20.2 Å². The molecular weight excluding hydrogens is 230 g/mol. The third kappa shape index (κ3) is 4.22. The summed E-state index contributed by atoms with van der Waals surface area (Å²) in [6.07, 6.45) is 1.13. The van der Waals surface area contributed by atoms with E-state index in [1.165, 1.54) is 4.90 Å². The molecule has 1 unspecified atom stereocenters. The molecular formula is C14H19NO3. The number of amides is 1. The third-order valence-corrected chi connectivity index (χ3v) is 2.35. The lowest BCUT2D eigenvalue weighted by Gasteiger charge is -2.18. The first-order valence-corrected chi connectivity index (χ1v) is 5.82. The van der Waals surface area contributed by atoms with Crippen molar-refractivity contribution in [1.82, 2.24) is 4.90 Å². The topological polar surface area (TPSA) is 49.8 Å². The molecule has 0 saturated heterocycles. The standard InChI is InChI=1S/C14H19NO3/c1-4-9-18-13-7-5-12(6-8-13)14(17)15(3)10-11(2)16/h4-8,11,16H,1,9-10H2,2-3H3. The summed E-state index contributed by atoms with van der Waals surface area (Å²) in [6.45, 7) is 5.96. The molecule has 4 nitrogen and oxygen atoms in total. The Hall–Kier alpha value is -1.81. The summed E-state index contributed by atoms with van der Waals surface area (Å²) < 4.78 is 5.33. The van der Waals surface area contributed by atoms with Gasteiger partial charge in [-0.25, -0.2) is 0 Å². The lowest BCUT2D eigenvalue weighted by molar-refractivity contribution is 0.0703. The first kappa shape index (κ1) is 14.3. The fraction of sp³-hybridized carbons (Fsp3) is 0.357. The molecule has 0 heterocycles. The molecule has 18 heavy (non-hydrogen) atoms. The van der Waals surface area contributed by atoms with Crippen molar-refractivity contribution in [3.8, 4) is 5.75 Å². The van der Waals surface area contributed by atoms with Crippen molar-refractivity contribution < 1.29 is 14.6 Å². The van der Waals surface area contributed by atoms with Crippen LogP contribution in [0.2, 0.25) is 0 Å². The normalized spacial score (nSPS) is 11.7. The van der Waals surface area contributed by atoms with Gasteiger partial charge < -0.3 is 14.7 Å². The molecule has 0 spiro atoms. The molecule has 0 aromatic heterocycles. The fourth-order valence-electron chi connectivity index (χ4n) is 1.55. The molecule has 0 fully saturated rings. The molecule has 0 aliphatic carbocycles. The molecule has 0 radical (unpaired) electrons. The van der Waals surface area contributed by atoms with Crippen LogP contribution in [-0.2, 0) is 0 Å². The maximum absolute atomic E-state index is 12.0. The molecule has 1 atom stereocenters. The van der Waals surface area contributed by atoms with Gasteiger partial charge in [0.15, 0.2) is 0 Å². The highest BCUT2D eigenvalue weighted by Gasteiger charge is 2.13. The van der Waals surface area contributed by atoms with Crippen LogP contribution < -0.4 is 4.74 Å². The van der Waals surface area contributed by atoms with Gasteiger partial charge in [0.2, 0.25) is 0 Å². The first-order chi connectivity index (χ1) is 8.54. The Bertz CT molecular complexity index is 398. The molecule has 0 aliphatic heterocycles. The Balaban J connectivity index is 2.66. The number of hydrogen-bond acceptors (Lipinski definition) is 3. The fourth-order valence-corrected chi connectivity index (χ4v) is 1.55. The number of benzene rings is 1. The van der Waals surface area contributed by atoms with Crippen molar-refractivity contribution in [3.63, 3.8) is 0 Å². The minimum Gasteiger partial charge on any atom is -0.490 e. The Morgan fingerprint density at radius 3 is 2.61 bits per heavy atom. The lowest BCUT2D eigenvalue weighted by Crippen LogP contribution is -2.32. The number of nitrogens with zero attached hydrogens (tertiary/aromatic N) is 1. The summed E-state index contributed by atoms with van der Waals surface area (Å²) in [4.78, 5) is 13.5. The molecule has 1 aromatic carbocycles. The van der Waals surface area contributed by atoms with E-state index < -0.39 is 6.10 Å². The van der Waals surface area contributed by atoms with Crippen LogP contribution in [0.25, 0.3) is 0 Å². The second-order valence-electron chi connectivity index (χ2n) is 4.16. The predicted molar refractivity (Wildman–Crippen MR) is 70.8 cm³/mol.